The molecule has 0 saturated heterocycles. The second-order valence-corrected chi connectivity index (χ2v) is 4.88. The van der Waals surface area contributed by atoms with E-state index in [1.165, 1.54) is 0 Å². The van der Waals surface area contributed by atoms with E-state index in [1.807, 2.05) is 0 Å². The second kappa shape index (κ2) is 3.35. The van der Waals surface area contributed by atoms with Gasteiger partial charge in [-0.05, 0) is 18.8 Å². The molecule has 0 aromatic heterocycles. The predicted octanol–water partition coefficient (Wildman–Crippen LogP) is 4.05. The normalized spacial score (nSPS) is 36.6. The van der Waals surface area contributed by atoms with E-state index in [4.69, 9.17) is 0 Å². The van der Waals surface area contributed by atoms with E-state index in [2.05, 4.69) is 0 Å². The summed E-state index contributed by atoms with van der Waals surface area (Å²) in [6, 6.07) is 0. The molecule has 0 N–H and O–H groups in total. The molecule has 0 aliphatic heterocycles. The highest BCUT2D eigenvalue weighted by Gasteiger charge is 2.54. The highest BCUT2D eigenvalue weighted by Crippen LogP contribution is 2.60. The van der Waals surface area contributed by atoms with Gasteiger partial charge in [-0.25, -0.2) is 8.78 Å². The van der Waals surface area contributed by atoms with Crippen molar-refractivity contribution in [2.45, 2.75) is 43.8 Å². The maximum absolute atomic E-state index is 12.8. The lowest BCUT2D eigenvalue weighted by molar-refractivity contribution is -0.0480. The van der Waals surface area contributed by atoms with Crippen molar-refractivity contribution in [2.24, 2.45) is 11.8 Å². The van der Waals surface area contributed by atoms with E-state index in [-0.39, 0.29) is 43.9 Å². The monoisotopic (exact) mass is 227 g/mol. The minimum atomic E-state index is -4.74. The number of rotatable bonds is 2. The van der Waals surface area contributed by atoms with Crippen LogP contribution in [-0.2, 0) is 0 Å². The molecule has 0 bridgehead atoms. The summed E-state index contributed by atoms with van der Waals surface area (Å²) < 4.78 is 62.5. The zero-order valence-electron chi connectivity index (χ0n) is 8.23. The summed E-state index contributed by atoms with van der Waals surface area (Å²) in [6.07, 6.45) is 0.248. The third kappa shape index (κ3) is 2.45. The van der Waals surface area contributed by atoms with Crippen molar-refractivity contribution in [2.75, 3.05) is 0 Å². The van der Waals surface area contributed by atoms with Crippen LogP contribution in [0.3, 0.4) is 0 Å². The van der Waals surface area contributed by atoms with Gasteiger partial charge in [0.05, 0.1) is 0 Å². The van der Waals surface area contributed by atoms with E-state index in [0.717, 1.165) is 0 Å². The lowest BCUT2D eigenvalue weighted by Gasteiger charge is -2.29. The molecule has 0 spiro atoms. The topological polar surface area (TPSA) is 0 Å². The van der Waals surface area contributed by atoms with Crippen molar-refractivity contribution in [1.82, 2.24) is 0 Å². The van der Waals surface area contributed by atoms with Crippen LogP contribution in [0.5, 0.6) is 0 Å². The number of hydrogen-bond acceptors (Lipinski definition) is 0. The number of alkyl halides is 2. The molecule has 0 aromatic carbocycles. The van der Waals surface area contributed by atoms with Gasteiger partial charge in [0, 0.05) is 12.8 Å². The zero-order valence-corrected chi connectivity index (χ0v) is 8.23. The van der Waals surface area contributed by atoms with Crippen LogP contribution in [-0.4, -0.2) is 12.9 Å². The van der Waals surface area contributed by atoms with Crippen LogP contribution in [0.4, 0.5) is 21.7 Å². The van der Waals surface area contributed by atoms with Crippen LogP contribution in [0.1, 0.15) is 32.1 Å². The van der Waals surface area contributed by atoms with E-state index < -0.39 is 18.7 Å². The third-order valence-corrected chi connectivity index (χ3v) is 3.74. The average molecular weight is 227 g/mol. The van der Waals surface area contributed by atoms with Gasteiger partial charge >= 0.3 is 6.98 Å². The van der Waals surface area contributed by atoms with Gasteiger partial charge in [0.25, 0.3) is 0 Å². The summed E-state index contributed by atoms with van der Waals surface area (Å²) in [4.78, 5) is 0. The molecule has 2 rings (SSSR count). The Morgan fingerprint density at radius 3 is 1.93 bits per heavy atom. The minimum Gasteiger partial charge on any atom is -0.449 e. The Morgan fingerprint density at radius 1 is 1.00 bits per heavy atom. The van der Waals surface area contributed by atoms with Crippen LogP contribution in [0.15, 0.2) is 0 Å². The molecule has 2 fully saturated rings. The first-order chi connectivity index (χ1) is 6.80. The Bertz CT molecular complexity index is 239. The van der Waals surface area contributed by atoms with Crippen molar-refractivity contribution >= 4 is 6.98 Å². The minimum absolute atomic E-state index is 0.113. The summed E-state index contributed by atoms with van der Waals surface area (Å²) in [5.41, 5.74) is 0. The lowest BCUT2D eigenvalue weighted by Crippen LogP contribution is -2.26. The van der Waals surface area contributed by atoms with Crippen molar-refractivity contribution in [3.05, 3.63) is 0 Å². The molecule has 88 valence electrons. The quantitative estimate of drug-likeness (QED) is 0.493. The Hall–Kier alpha value is -0.285. The fourth-order valence-electron chi connectivity index (χ4n) is 2.70. The molecule has 0 nitrogen and oxygen atoms in total. The van der Waals surface area contributed by atoms with Crippen molar-refractivity contribution in [3.63, 3.8) is 0 Å². The molecule has 0 amide bonds. The van der Waals surface area contributed by atoms with E-state index >= 15 is 0 Å². The first-order valence-corrected chi connectivity index (χ1v) is 5.37. The van der Waals surface area contributed by atoms with Gasteiger partial charge in [0.15, 0.2) is 0 Å². The zero-order chi connectivity index (χ0) is 11.3. The molecule has 2 atom stereocenters. The van der Waals surface area contributed by atoms with Crippen molar-refractivity contribution in [3.8, 4) is 0 Å². The summed E-state index contributed by atoms with van der Waals surface area (Å²) in [6.45, 7) is -4.74. The maximum atomic E-state index is 12.8. The molecular weight excluding hydrogens is 214 g/mol. The average Bonchev–Trinajstić information content (AvgIpc) is 2.82. The van der Waals surface area contributed by atoms with Crippen molar-refractivity contribution < 1.29 is 21.7 Å². The summed E-state index contributed by atoms with van der Waals surface area (Å²) in [7, 11) is 0. The largest absolute Gasteiger partial charge is 0.481 e. The standard InChI is InChI=1S/C9H13BF5/c11-9(12)3-1-6(2-4-9)7-5-8(7)10(13,14)15/h6-8H,1-5H2/q-1/t7-,8+/m0/s1. The molecule has 0 heterocycles. The Labute approximate surface area is 85.3 Å². The fourth-order valence-corrected chi connectivity index (χ4v) is 2.70. The Balaban J connectivity index is 1.84. The molecule has 0 radical (unpaired) electrons. The van der Waals surface area contributed by atoms with Crippen LogP contribution in [0, 0.1) is 11.8 Å². The summed E-state index contributed by atoms with van der Waals surface area (Å²) in [5, 5.41) is 0. The van der Waals surface area contributed by atoms with Crippen LogP contribution in [0.2, 0.25) is 5.82 Å². The van der Waals surface area contributed by atoms with Crippen LogP contribution in [0.25, 0.3) is 0 Å². The first kappa shape index (κ1) is 11.2. The SMILES string of the molecule is F[B-](F)(F)[C@@H]1C[C@H]1C1CCC(F)(F)CC1. The molecule has 0 aromatic rings. The highest BCUT2D eigenvalue weighted by molar-refractivity contribution is 6.61. The van der Waals surface area contributed by atoms with Crippen LogP contribution < -0.4 is 0 Å². The van der Waals surface area contributed by atoms with Gasteiger partial charge in [-0.3, -0.25) is 0 Å². The summed E-state index contributed by atoms with van der Waals surface area (Å²) in [5.74, 6) is -4.24. The smallest absolute Gasteiger partial charge is 0.449 e. The maximum Gasteiger partial charge on any atom is 0.481 e. The van der Waals surface area contributed by atoms with Crippen molar-refractivity contribution in [1.29, 1.82) is 0 Å². The molecule has 2 aliphatic carbocycles. The van der Waals surface area contributed by atoms with Gasteiger partial charge in [0.1, 0.15) is 0 Å². The van der Waals surface area contributed by atoms with E-state index in [1.54, 1.807) is 0 Å². The number of halogens is 5. The van der Waals surface area contributed by atoms with Gasteiger partial charge < -0.3 is 12.9 Å². The van der Waals surface area contributed by atoms with Gasteiger partial charge in [-0.1, -0.05) is 18.2 Å². The van der Waals surface area contributed by atoms with E-state index in [0.29, 0.717) is 0 Å². The van der Waals surface area contributed by atoms with E-state index in [9.17, 15) is 21.7 Å². The first-order valence-electron chi connectivity index (χ1n) is 5.37. The molecule has 2 aliphatic rings. The summed E-state index contributed by atoms with van der Waals surface area (Å²) >= 11 is 0. The number of hydrogen-bond donors (Lipinski definition) is 0. The Morgan fingerprint density at radius 2 is 1.53 bits per heavy atom. The molecule has 15 heavy (non-hydrogen) atoms. The fraction of sp³-hybridized carbons (Fsp3) is 1.00. The third-order valence-electron chi connectivity index (χ3n) is 3.74. The van der Waals surface area contributed by atoms with Gasteiger partial charge in [0.2, 0.25) is 5.92 Å². The molecular formula is C9H13BF5-. The molecule has 2 saturated carbocycles. The van der Waals surface area contributed by atoms with Gasteiger partial charge in [-0.2, -0.15) is 0 Å². The highest BCUT2D eigenvalue weighted by atomic mass is 19.4. The molecule has 6 heteroatoms. The second-order valence-electron chi connectivity index (χ2n) is 4.88. The lowest BCUT2D eigenvalue weighted by atomic mass is 9.76. The Kier molecular flexibility index (Phi) is 2.51. The molecule has 0 unspecified atom stereocenters. The van der Waals surface area contributed by atoms with Crippen LogP contribution >= 0.6 is 0 Å². The predicted molar refractivity (Wildman–Crippen MR) is 47.8 cm³/mol. The van der Waals surface area contributed by atoms with Gasteiger partial charge in [-0.15, -0.1) is 0 Å².